The third-order valence-electron chi connectivity index (χ3n) is 5.36. The number of carboxylic acids is 1. The van der Waals surface area contributed by atoms with Gasteiger partial charge >= 0.3 is 5.97 Å². The number of carboxylic acid groups (broad SMARTS) is 1. The minimum atomic E-state index is -0.689. The van der Waals surface area contributed by atoms with Crippen LogP contribution in [-0.4, -0.2) is 30.0 Å². The van der Waals surface area contributed by atoms with Gasteiger partial charge in [-0.2, -0.15) is 0 Å². The van der Waals surface area contributed by atoms with Gasteiger partial charge in [0, 0.05) is 29.5 Å². The maximum Gasteiger partial charge on any atom is 0.303 e. The highest BCUT2D eigenvalue weighted by atomic mass is 32.2. The third-order valence-corrected chi connectivity index (χ3v) is 7.41. The number of para-hydroxylation sites is 1. The zero-order valence-electron chi connectivity index (χ0n) is 16.8. The van der Waals surface area contributed by atoms with E-state index in [1.165, 1.54) is 21.7 Å². The SMILES string of the molecule is CC=S1c2ccccc2C([NH2+]CCCCCCC(=O)O)c2ccccc2N1C. The van der Waals surface area contributed by atoms with E-state index >= 15 is 0 Å². The van der Waals surface area contributed by atoms with E-state index < -0.39 is 5.97 Å². The van der Waals surface area contributed by atoms with Crippen LogP contribution < -0.4 is 9.62 Å². The molecule has 0 saturated heterocycles. The minimum Gasteiger partial charge on any atom is -0.481 e. The number of hydrogen-bond acceptors (Lipinski definition) is 2. The Morgan fingerprint density at radius 1 is 1.07 bits per heavy atom. The van der Waals surface area contributed by atoms with Gasteiger partial charge in [-0.15, -0.1) is 0 Å². The standard InChI is InChI=1S/C23H30N2O2S/c1-3-28-21-15-10-8-13-19(21)23(18-12-7-9-14-20(18)25(28)2)24-17-11-5-4-6-16-22(26)27/h3,7-10,12-15,23-24H,4-6,11,16-17H2,1-2H3,(H,26,27)/p+1. The number of carbonyl (C=O) groups is 1. The predicted molar refractivity (Wildman–Crippen MR) is 118 cm³/mol. The van der Waals surface area contributed by atoms with E-state index in [1.54, 1.807) is 0 Å². The number of unbranched alkanes of at least 4 members (excludes halogenated alkanes) is 3. The molecule has 1 heterocycles. The fraction of sp³-hybridized carbons (Fsp3) is 0.391. The molecular weight excluding hydrogens is 368 g/mol. The lowest BCUT2D eigenvalue weighted by Gasteiger charge is -2.23. The minimum absolute atomic E-state index is 0.0542. The van der Waals surface area contributed by atoms with E-state index in [9.17, 15) is 4.79 Å². The molecule has 28 heavy (non-hydrogen) atoms. The summed E-state index contributed by atoms with van der Waals surface area (Å²) in [6, 6.07) is 17.9. The maximum absolute atomic E-state index is 10.6. The summed E-state index contributed by atoms with van der Waals surface area (Å²) in [5.74, 6) is -0.689. The van der Waals surface area contributed by atoms with E-state index in [1.807, 2.05) is 0 Å². The van der Waals surface area contributed by atoms with Crippen molar-refractivity contribution in [1.29, 1.82) is 0 Å². The highest BCUT2D eigenvalue weighted by Gasteiger charge is 2.29. The van der Waals surface area contributed by atoms with Gasteiger partial charge in [-0.1, -0.05) is 53.5 Å². The van der Waals surface area contributed by atoms with Crippen molar-refractivity contribution in [3.63, 3.8) is 0 Å². The number of hydrogen-bond donors (Lipinski definition) is 2. The molecule has 0 radical (unpaired) electrons. The number of anilines is 1. The Morgan fingerprint density at radius 3 is 2.50 bits per heavy atom. The Labute approximate surface area is 170 Å². The lowest BCUT2D eigenvalue weighted by Crippen LogP contribution is -2.85. The van der Waals surface area contributed by atoms with Gasteiger partial charge < -0.3 is 14.7 Å². The van der Waals surface area contributed by atoms with Gasteiger partial charge in [0.25, 0.3) is 0 Å². The second-order valence-electron chi connectivity index (χ2n) is 7.20. The van der Waals surface area contributed by atoms with Crippen LogP contribution >= 0.6 is 10.7 Å². The van der Waals surface area contributed by atoms with Crippen molar-refractivity contribution in [2.45, 2.75) is 50.0 Å². The zero-order chi connectivity index (χ0) is 19.9. The molecule has 0 bridgehead atoms. The Kier molecular flexibility index (Phi) is 7.29. The average Bonchev–Trinajstić information content (AvgIpc) is 2.80. The molecule has 150 valence electrons. The molecule has 3 N–H and O–H groups in total. The zero-order valence-corrected chi connectivity index (χ0v) is 17.6. The largest absolute Gasteiger partial charge is 0.481 e. The van der Waals surface area contributed by atoms with Crippen molar-refractivity contribution in [3.8, 4) is 0 Å². The summed E-state index contributed by atoms with van der Waals surface area (Å²) in [7, 11) is 2.14. The number of quaternary nitrogens is 1. The first-order valence-electron chi connectivity index (χ1n) is 10.1. The molecule has 2 atom stereocenters. The molecule has 2 aromatic carbocycles. The monoisotopic (exact) mass is 399 g/mol. The number of rotatable bonds is 8. The summed E-state index contributed by atoms with van der Waals surface area (Å²) in [5.41, 5.74) is 4.09. The predicted octanol–water partition coefficient (Wildman–Crippen LogP) is 4.19. The molecule has 0 spiro atoms. The van der Waals surface area contributed by atoms with Crippen molar-refractivity contribution in [1.82, 2.24) is 0 Å². The summed E-state index contributed by atoms with van der Waals surface area (Å²) in [4.78, 5) is 12.0. The van der Waals surface area contributed by atoms with Crippen LogP contribution in [-0.2, 0) is 4.79 Å². The van der Waals surface area contributed by atoms with Gasteiger partial charge in [-0.05, 0) is 43.7 Å². The Balaban J connectivity index is 1.78. The molecule has 5 heteroatoms. The molecule has 1 aliphatic rings. The summed E-state index contributed by atoms with van der Waals surface area (Å²) in [5, 5.41) is 13.5. The van der Waals surface area contributed by atoms with Crippen molar-refractivity contribution < 1.29 is 15.2 Å². The lowest BCUT2D eigenvalue weighted by molar-refractivity contribution is -0.687. The smallest absolute Gasteiger partial charge is 0.303 e. The van der Waals surface area contributed by atoms with Crippen LogP contribution in [0.4, 0.5) is 5.69 Å². The molecule has 0 saturated carbocycles. The number of benzene rings is 2. The fourth-order valence-corrected chi connectivity index (χ4v) is 5.88. The van der Waals surface area contributed by atoms with Gasteiger partial charge in [0.2, 0.25) is 0 Å². The van der Waals surface area contributed by atoms with Crippen LogP contribution in [0.2, 0.25) is 0 Å². The van der Waals surface area contributed by atoms with Gasteiger partial charge in [0.1, 0.15) is 6.04 Å². The van der Waals surface area contributed by atoms with Gasteiger partial charge in [-0.25, -0.2) is 0 Å². The Hall–Kier alpha value is -2.11. The normalized spacial score (nSPS) is 18.4. The van der Waals surface area contributed by atoms with Crippen LogP contribution in [0, 0.1) is 0 Å². The first-order chi connectivity index (χ1) is 13.6. The van der Waals surface area contributed by atoms with Crippen molar-refractivity contribution in [2.75, 3.05) is 17.9 Å². The first-order valence-corrected chi connectivity index (χ1v) is 11.4. The van der Waals surface area contributed by atoms with Crippen LogP contribution in [0.25, 0.3) is 0 Å². The summed E-state index contributed by atoms with van der Waals surface area (Å²) >= 11 is 0. The number of nitrogens with zero attached hydrogens (tertiary/aromatic N) is 1. The quantitative estimate of drug-likeness (QED) is 0.517. The second-order valence-corrected chi connectivity index (χ2v) is 9.29. The highest BCUT2D eigenvalue weighted by Crippen LogP contribution is 2.44. The van der Waals surface area contributed by atoms with Crippen molar-refractivity contribution in [2.24, 2.45) is 0 Å². The molecule has 2 aromatic rings. The molecule has 0 fully saturated rings. The Morgan fingerprint density at radius 2 is 1.75 bits per heavy atom. The molecule has 2 unspecified atom stereocenters. The van der Waals surface area contributed by atoms with Crippen LogP contribution in [0.1, 0.15) is 56.2 Å². The molecule has 3 rings (SSSR count). The van der Waals surface area contributed by atoms with Crippen LogP contribution in [0.5, 0.6) is 0 Å². The molecule has 0 amide bonds. The molecule has 0 aliphatic carbocycles. The van der Waals surface area contributed by atoms with Gasteiger partial charge in [-0.3, -0.25) is 4.79 Å². The van der Waals surface area contributed by atoms with Gasteiger partial charge in [0.05, 0.1) is 12.2 Å². The van der Waals surface area contributed by atoms with Crippen molar-refractivity contribution >= 4 is 27.7 Å². The summed E-state index contributed by atoms with van der Waals surface area (Å²) in [6.07, 6.45) is 4.27. The third kappa shape index (κ3) is 4.65. The maximum atomic E-state index is 10.6. The van der Waals surface area contributed by atoms with E-state index in [4.69, 9.17) is 5.11 Å². The lowest BCUT2D eigenvalue weighted by atomic mass is 9.96. The molecule has 4 nitrogen and oxygen atoms in total. The summed E-state index contributed by atoms with van der Waals surface area (Å²) < 4.78 is 2.41. The average molecular weight is 400 g/mol. The molecular formula is C23H31N2O2S+. The molecule has 0 aromatic heterocycles. The van der Waals surface area contributed by atoms with Crippen LogP contribution in [0.15, 0.2) is 53.4 Å². The fourth-order valence-electron chi connectivity index (χ4n) is 3.98. The van der Waals surface area contributed by atoms with E-state index in [0.717, 1.165) is 32.2 Å². The summed E-state index contributed by atoms with van der Waals surface area (Å²) in [6.45, 7) is 3.20. The van der Waals surface area contributed by atoms with Gasteiger partial charge in [0.15, 0.2) is 0 Å². The number of nitrogens with two attached hydrogens (primary N) is 1. The van der Waals surface area contributed by atoms with E-state index in [0.29, 0.717) is 6.04 Å². The number of fused-ring (bicyclic) bond motifs is 2. The first kappa shape index (κ1) is 20.6. The molecule has 1 aliphatic heterocycles. The Bertz CT molecular complexity index is 850. The van der Waals surface area contributed by atoms with E-state index in [-0.39, 0.29) is 17.1 Å². The highest BCUT2D eigenvalue weighted by molar-refractivity contribution is 8.16. The van der Waals surface area contributed by atoms with Crippen molar-refractivity contribution in [3.05, 3.63) is 59.7 Å². The van der Waals surface area contributed by atoms with E-state index in [2.05, 4.69) is 77.5 Å². The second kappa shape index (κ2) is 9.89. The number of aliphatic carboxylic acids is 1. The van der Waals surface area contributed by atoms with Crippen LogP contribution in [0.3, 0.4) is 0 Å². The topological polar surface area (TPSA) is 57.1 Å².